The maximum atomic E-state index is 14.0. The van der Waals surface area contributed by atoms with Crippen molar-refractivity contribution in [2.75, 3.05) is 51.3 Å². The summed E-state index contributed by atoms with van der Waals surface area (Å²) in [5.74, 6) is -3.23. The van der Waals surface area contributed by atoms with Crippen molar-refractivity contribution in [2.45, 2.75) is 6.42 Å². The minimum Gasteiger partial charge on any atom is -0.492 e. The van der Waals surface area contributed by atoms with E-state index in [0.29, 0.717) is 59.4 Å². The molecule has 0 radical (unpaired) electrons. The van der Waals surface area contributed by atoms with Crippen LogP contribution in [0.5, 0.6) is 5.75 Å². The van der Waals surface area contributed by atoms with Gasteiger partial charge in [0.2, 0.25) is 5.91 Å². The van der Waals surface area contributed by atoms with Crippen LogP contribution in [0.1, 0.15) is 22.3 Å². The number of morpholine rings is 1. The molecule has 2 N–H and O–H groups in total. The van der Waals surface area contributed by atoms with Gasteiger partial charge in [-0.1, -0.05) is 36.1 Å². The summed E-state index contributed by atoms with van der Waals surface area (Å²) in [5, 5.41) is 11.7. The molecule has 9 nitrogen and oxygen atoms in total. The molecule has 3 aromatic carbocycles. The Balaban J connectivity index is 1.30. The Labute approximate surface area is 267 Å². The lowest BCUT2D eigenvalue weighted by Crippen LogP contribution is -2.38. The molecule has 5 rings (SSSR count). The number of aromatic carboxylic acids is 1. The molecule has 2 aliphatic heterocycles. The van der Waals surface area contributed by atoms with Crippen molar-refractivity contribution in [3.63, 3.8) is 0 Å². The summed E-state index contributed by atoms with van der Waals surface area (Å²) in [6.07, 6.45) is 1.61. The second-order valence-electron chi connectivity index (χ2n) is 10.2. The van der Waals surface area contributed by atoms with Crippen LogP contribution in [0.4, 0.5) is 14.5 Å². The zero-order chi connectivity index (χ0) is 31.9. The predicted octanol–water partition coefficient (Wildman–Crippen LogP) is 5.27. The summed E-state index contributed by atoms with van der Waals surface area (Å²) in [7, 11) is 0. The summed E-state index contributed by atoms with van der Waals surface area (Å²) in [4.78, 5) is 40.8. The van der Waals surface area contributed by atoms with Crippen LogP contribution in [-0.4, -0.2) is 83.0 Å². The second kappa shape index (κ2) is 14.7. The molecule has 2 aliphatic rings. The molecule has 2 saturated heterocycles. The van der Waals surface area contributed by atoms with Crippen molar-refractivity contribution in [2.24, 2.45) is 0 Å². The molecule has 0 atom stereocenters. The van der Waals surface area contributed by atoms with Crippen LogP contribution < -0.4 is 10.1 Å². The van der Waals surface area contributed by atoms with Crippen LogP contribution in [0.25, 0.3) is 17.2 Å². The number of nitrogens with one attached hydrogen (secondary N) is 1. The fraction of sp³-hybridized carbons (Fsp3) is 0.250. The van der Waals surface area contributed by atoms with Crippen LogP contribution in [0.2, 0.25) is 0 Å². The van der Waals surface area contributed by atoms with Crippen molar-refractivity contribution in [1.29, 1.82) is 0 Å². The Morgan fingerprint density at radius 3 is 2.42 bits per heavy atom. The van der Waals surface area contributed by atoms with E-state index in [4.69, 9.17) is 26.8 Å². The lowest BCUT2D eigenvalue weighted by Gasteiger charge is -2.26. The first-order valence-corrected chi connectivity index (χ1v) is 15.3. The monoisotopic (exact) mass is 653 g/mol. The van der Waals surface area contributed by atoms with Gasteiger partial charge in [0.15, 0.2) is 11.6 Å². The molecule has 0 saturated carbocycles. The fourth-order valence-corrected chi connectivity index (χ4v) is 6.02. The Morgan fingerprint density at radius 2 is 1.71 bits per heavy atom. The number of thioether (sulfide) groups is 1. The normalized spacial score (nSPS) is 16.3. The molecule has 2 heterocycles. The summed E-state index contributed by atoms with van der Waals surface area (Å²) in [5.41, 5.74) is 2.14. The van der Waals surface area contributed by atoms with Crippen LogP contribution in [0, 0.1) is 11.6 Å². The molecule has 3 aromatic rings. The quantitative estimate of drug-likeness (QED) is 0.211. The van der Waals surface area contributed by atoms with E-state index in [-0.39, 0.29) is 34.7 Å². The summed E-state index contributed by atoms with van der Waals surface area (Å²) >= 11 is 6.54. The van der Waals surface area contributed by atoms with Crippen molar-refractivity contribution >= 4 is 57.8 Å². The van der Waals surface area contributed by atoms with Gasteiger partial charge in [-0.25, -0.2) is 13.6 Å². The number of nitrogens with zero attached hydrogens (tertiary/aromatic N) is 2. The van der Waals surface area contributed by atoms with Crippen LogP contribution >= 0.6 is 24.0 Å². The number of carbonyl (C=O) groups is 3. The summed E-state index contributed by atoms with van der Waals surface area (Å²) in [6.45, 7) is 4.06. The highest BCUT2D eigenvalue weighted by atomic mass is 32.2. The van der Waals surface area contributed by atoms with Crippen molar-refractivity contribution < 1.29 is 37.7 Å². The van der Waals surface area contributed by atoms with Gasteiger partial charge in [-0.2, -0.15) is 0 Å². The molecule has 2 amide bonds. The lowest BCUT2D eigenvalue weighted by atomic mass is 10.0. The first-order chi connectivity index (χ1) is 21.7. The van der Waals surface area contributed by atoms with E-state index in [1.165, 1.54) is 35.2 Å². The molecule has 0 unspecified atom stereocenters. The first kappa shape index (κ1) is 32.2. The molecule has 0 aliphatic carbocycles. The van der Waals surface area contributed by atoms with E-state index in [1.54, 1.807) is 24.3 Å². The van der Waals surface area contributed by atoms with Gasteiger partial charge >= 0.3 is 5.97 Å². The third-order valence-corrected chi connectivity index (χ3v) is 8.55. The van der Waals surface area contributed by atoms with Gasteiger partial charge in [0, 0.05) is 43.9 Å². The molecule has 0 aromatic heterocycles. The SMILES string of the molecule is O=C(CCN1C(=O)/C(=C/c2cc(-c3ccc(F)c(F)c3)ccc2OCCN2CCOCC2)SC1=S)Nc1ccc(C(=O)O)cc1. The largest absolute Gasteiger partial charge is 0.492 e. The zero-order valence-electron chi connectivity index (χ0n) is 24.0. The number of carboxylic acids is 1. The molecule has 0 spiro atoms. The highest BCUT2D eigenvalue weighted by molar-refractivity contribution is 8.26. The van der Waals surface area contributed by atoms with E-state index < -0.39 is 17.6 Å². The molecule has 13 heteroatoms. The highest BCUT2D eigenvalue weighted by Crippen LogP contribution is 2.36. The summed E-state index contributed by atoms with van der Waals surface area (Å²) < 4.78 is 39.4. The molecular formula is C32H29F2N3O6S2. The van der Waals surface area contributed by atoms with Crippen molar-refractivity contribution in [1.82, 2.24) is 9.80 Å². The van der Waals surface area contributed by atoms with Gasteiger partial charge in [0.1, 0.15) is 16.7 Å². The number of carbonyl (C=O) groups excluding carboxylic acids is 2. The predicted molar refractivity (Wildman–Crippen MR) is 171 cm³/mol. The number of carboxylic acid groups (broad SMARTS) is 1. The first-order valence-electron chi connectivity index (χ1n) is 14.1. The van der Waals surface area contributed by atoms with Crippen LogP contribution in [-0.2, 0) is 14.3 Å². The summed E-state index contributed by atoms with van der Waals surface area (Å²) in [6, 6.07) is 14.6. The van der Waals surface area contributed by atoms with E-state index in [0.717, 1.165) is 37.0 Å². The number of benzene rings is 3. The van der Waals surface area contributed by atoms with Crippen molar-refractivity contribution in [3.05, 3.63) is 88.3 Å². The van der Waals surface area contributed by atoms with Gasteiger partial charge in [-0.15, -0.1) is 0 Å². The molecule has 234 valence electrons. The zero-order valence-corrected chi connectivity index (χ0v) is 25.6. The lowest BCUT2D eigenvalue weighted by molar-refractivity contribution is -0.122. The minimum atomic E-state index is -1.07. The highest BCUT2D eigenvalue weighted by Gasteiger charge is 2.32. The van der Waals surface area contributed by atoms with E-state index in [2.05, 4.69) is 10.2 Å². The average molecular weight is 654 g/mol. The number of anilines is 1. The van der Waals surface area contributed by atoms with Gasteiger partial charge in [0.05, 0.1) is 23.7 Å². The molecular weight excluding hydrogens is 624 g/mol. The fourth-order valence-electron chi connectivity index (χ4n) is 4.72. The Kier molecular flexibility index (Phi) is 10.6. The topological polar surface area (TPSA) is 108 Å². The van der Waals surface area contributed by atoms with Gasteiger partial charge in [0.25, 0.3) is 5.91 Å². The Morgan fingerprint density at radius 1 is 1.00 bits per heavy atom. The van der Waals surface area contributed by atoms with E-state index in [1.807, 2.05) is 0 Å². The smallest absolute Gasteiger partial charge is 0.335 e. The number of rotatable bonds is 11. The average Bonchev–Trinajstić information content (AvgIpc) is 3.30. The van der Waals surface area contributed by atoms with E-state index >= 15 is 0 Å². The molecule has 45 heavy (non-hydrogen) atoms. The second-order valence-corrected chi connectivity index (χ2v) is 11.9. The number of ether oxygens (including phenoxy) is 2. The molecule has 2 fully saturated rings. The van der Waals surface area contributed by atoms with Crippen LogP contribution in [0.15, 0.2) is 65.6 Å². The maximum Gasteiger partial charge on any atom is 0.335 e. The molecule has 0 bridgehead atoms. The third kappa shape index (κ3) is 8.31. The number of halogens is 2. The number of amides is 2. The van der Waals surface area contributed by atoms with E-state index in [9.17, 15) is 23.2 Å². The number of thiocarbonyl (C=S) groups is 1. The van der Waals surface area contributed by atoms with Gasteiger partial charge < -0.3 is 19.9 Å². The minimum absolute atomic E-state index is 0.0398. The van der Waals surface area contributed by atoms with Gasteiger partial charge in [-0.05, 0) is 65.7 Å². The van der Waals surface area contributed by atoms with Crippen molar-refractivity contribution in [3.8, 4) is 16.9 Å². The Hall–Kier alpha value is -4.17. The van der Waals surface area contributed by atoms with Gasteiger partial charge in [-0.3, -0.25) is 19.4 Å². The van der Waals surface area contributed by atoms with Crippen LogP contribution in [0.3, 0.4) is 0 Å². The number of hydrogen-bond donors (Lipinski definition) is 2. The maximum absolute atomic E-state index is 14.0. The standard InChI is InChI=1S/C32H29F2N3O6S2/c33-25-7-3-22(18-26(25)34)21-4-8-27(43-16-13-36-11-14-42-15-12-36)23(17-21)19-28-30(39)37(32(44)45-28)10-9-29(38)35-24-5-1-20(2-6-24)31(40)41/h1-8,17-19H,9-16H2,(H,35,38)(H,40,41)/b28-19-. The third-order valence-electron chi connectivity index (χ3n) is 7.17. The Bertz CT molecular complexity index is 1640. The number of hydrogen-bond acceptors (Lipinski definition) is 8.